The predicted octanol–water partition coefficient (Wildman–Crippen LogP) is 3.15. The third kappa shape index (κ3) is 8.24. The molecule has 0 aliphatic rings. The average Bonchev–Trinajstić information content (AvgIpc) is 2.66. The number of nitrogens with zero attached hydrogens (tertiary/aromatic N) is 3. The number of aliphatic imine (C=N–C) groups is 1. The summed E-state index contributed by atoms with van der Waals surface area (Å²) in [4.78, 5) is 19.8. The van der Waals surface area contributed by atoms with Gasteiger partial charge in [0.25, 0.3) is 0 Å². The zero-order chi connectivity index (χ0) is 19.6. The van der Waals surface area contributed by atoms with Crippen LogP contribution in [0.15, 0.2) is 59.6 Å². The molecule has 2 rings (SSSR count). The van der Waals surface area contributed by atoms with Gasteiger partial charge in [-0.05, 0) is 29.7 Å². The molecule has 0 aromatic heterocycles. The summed E-state index contributed by atoms with van der Waals surface area (Å²) in [5.74, 6) is 0.325. The maximum Gasteiger partial charge on any atom is 0.243 e. The summed E-state index contributed by atoms with van der Waals surface area (Å²) in [7, 11) is 5.32. The number of nitrogens with one attached hydrogen (secondary N) is 1. The van der Waals surface area contributed by atoms with Crippen molar-refractivity contribution in [1.82, 2.24) is 15.1 Å². The lowest BCUT2D eigenvalue weighted by Crippen LogP contribution is -2.40. The lowest BCUT2D eigenvalue weighted by atomic mass is 10.1. The Labute approximate surface area is 183 Å². The first-order valence-electron chi connectivity index (χ1n) is 8.93. The molecule has 0 atom stereocenters. The van der Waals surface area contributed by atoms with Gasteiger partial charge in [0.1, 0.15) is 12.4 Å². The molecule has 0 radical (unpaired) electrons. The molecule has 7 heteroatoms. The number of halogens is 2. The van der Waals surface area contributed by atoms with Crippen molar-refractivity contribution < 1.29 is 9.18 Å². The monoisotopic (exact) mass is 498 g/mol. The fraction of sp³-hybridized carbons (Fsp3) is 0.333. The smallest absolute Gasteiger partial charge is 0.243 e. The lowest BCUT2D eigenvalue weighted by molar-refractivity contribution is -0.127. The number of hydrogen-bond acceptors (Lipinski definition) is 2. The van der Waals surface area contributed by atoms with Crippen LogP contribution in [0.4, 0.5) is 4.39 Å². The molecule has 0 bridgehead atoms. The third-order valence-corrected chi connectivity index (χ3v) is 4.10. The molecular formula is C21H28FIN4O. The second-order valence-electron chi connectivity index (χ2n) is 6.57. The van der Waals surface area contributed by atoms with Crippen LogP contribution in [0.25, 0.3) is 0 Å². The fourth-order valence-corrected chi connectivity index (χ4v) is 2.50. The number of benzene rings is 2. The molecule has 0 fully saturated rings. The van der Waals surface area contributed by atoms with Crippen LogP contribution in [0.5, 0.6) is 0 Å². The van der Waals surface area contributed by atoms with E-state index in [1.54, 1.807) is 26.2 Å². The number of guanidine groups is 1. The number of likely N-dealkylation sites (N-methyl/N-ethyl adjacent to an activating group) is 1. The zero-order valence-corrected chi connectivity index (χ0v) is 18.9. The molecule has 0 saturated carbocycles. The predicted molar refractivity (Wildman–Crippen MR) is 122 cm³/mol. The van der Waals surface area contributed by atoms with Crippen molar-refractivity contribution in [2.75, 3.05) is 34.2 Å². The molecule has 1 N–H and O–H groups in total. The molecule has 5 nitrogen and oxygen atoms in total. The number of carbonyl (C=O) groups is 1. The summed E-state index contributed by atoms with van der Waals surface area (Å²) in [5, 5.41) is 3.33. The molecule has 1 amide bonds. The van der Waals surface area contributed by atoms with E-state index in [1.165, 1.54) is 22.6 Å². The van der Waals surface area contributed by atoms with Crippen LogP contribution >= 0.6 is 24.0 Å². The van der Waals surface area contributed by atoms with Crippen LogP contribution in [0.1, 0.15) is 11.1 Å². The van der Waals surface area contributed by atoms with Crippen molar-refractivity contribution >= 4 is 35.8 Å². The van der Waals surface area contributed by atoms with E-state index in [2.05, 4.69) is 22.4 Å². The van der Waals surface area contributed by atoms with E-state index in [-0.39, 0.29) is 42.2 Å². The van der Waals surface area contributed by atoms with E-state index in [4.69, 9.17) is 0 Å². The second-order valence-corrected chi connectivity index (χ2v) is 6.57. The van der Waals surface area contributed by atoms with Gasteiger partial charge >= 0.3 is 0 Å². The Morgan fingerprint density at radius 2 is 1.64 bits per heavy atom. The van der Waals surface area contributed by atoms with Gasteiger partial charge in [0.05, 0.1) is 0 Å². The molecule has 0 aliphatic carbocycles. The molecule has 152 valence electrons. The highest BCUT2D eigenvalue weighted by Crippen LogP contribution is 2.06. The minimum absolute atomic E-state index is 0. The van der Waals surface area contributed by atoms with E-state index in [0.29, 0.717) is 19.0 Å². The van der Waals surface area contributed by atoms with Crippen LogP contribution in [0.3, 0.4) is 0 Å². The highest BCUT2D eigenvalue weighted by atomic mass is 127. The van der Waals surface area contributed by atoms with Crippen LogP contribution < -0.4 is 5.32 Å². The highest BCUT2D eigenvalue weighted by Gasteiger charge is 2.10. The van der Waals surface area contributed by atoms with E-state index < -0.39 is 0 Å². The van der Waals surface area contributed by atoms with Crippen LogP contribution in [-0.4, -0.2) is 55.9 Å². The summed E-state index contributed by atoms with van der Waals surface area (Å²) < 4.78 is 13.1. The standard InChI is InChI=1S/C21H27FN4O.HI/c1-25(2)20(27)15-24-21(23-14-13-17-7-5-4-6-8-17)26(3)16-18-9-11-19(22)12-10-18;/h4-12H,13-16H2,1-3H3,(H,23,24);1H. The van der Waals surface area contributed by atoms with E-state index in [9.17, 15) is 9.18 Å². The minimum Gasteiger partial charge on any atom is -0.356 e. The van der Waals surface area contributed by atoms with E-state index in [0.717, 1.165) is 12.0 Å². The summed E-state index contributed by atoms with van der Waals surface area (Å²) in [5.41, 5.74) is 2.20. The molecule has 0 aliphatic heterocycles. The average molecular weight is 498 g/mol. The molecule has 2 aromatic rings. The lowest BCUT2D eigenvalue weighted by Gasteiger charge is -2.23. The minimum atomic E-state index is -0.257. The topological polar surface area (TPSA) is 47.9 Å². The van der Waals surface area contributed by atoms with Crippen molar-refractivity contribution in [2.24, 2.45) is 4.99 Å². The SMILES string of the molecule is CN(C)C(=O)CN=C(NCCc1ccccc1)N(C)Cc1ccc(F)cc1.I. The normalized spacial score (nSPS) is 10.8. The van der Waals surface area contributed by atoms with E-state index in [1.807, 2.05) is 30.1 Å². The summed E-state index contributed by atoms with van der Waals surface area (Å²) >= 11 is 0. The van der Waals surface area contributed by atoms with Crippen molar-refractivity contribution in [3.8, 4) is 0 Å². The van der Waals surface area contributed by atoms with Crippen LogP contribution in [-0.2, 0) is 17.8 Å². The molecule has 28 heavy (non-hydrogen) atoms. The van der Waals surface area contributed by atoms with E-state index >= 15 is 0 Å². The van der Waals surface area contributed by atoms with Gasteiger partial charge in [-0.1, -0.05) is 42.5 Å². The van der Waals surface area contributed by atoms with Gasteiger partial charge in [0.2, 0.25) is 5.91 Å². The first-order valence-corrected chi connectivity index (χ1v) is 8.93. The van der Waals surface area contributed by atoms with Crippen LogP contribution in [0, 0.1) is 5.82 Å². The molecular weight excluding hydrogens is 470 g/mol. The van der Waals surface area contributed by atoms with Gasteiger partial charge in [-0.2, -0.15) is 0 Å². The number of hydrogen-bond donors (Lipinski definition) is 1. The van der Waals surface area contributed by atoms with Crippen molar-refractivity contribution in [3.63, 3.8) is 0 Å². The maximum absolute atomic E-state index is 13.1. The molecule has 0 heterocycles. The summed E-state index contributed by atoms with van der Waals surface area (Å²) in [6.07, 6.45) is 0.853. The first-order chi connectivity index (χ1) is 13.0. The van der Waals surface area contributed by atoms with Gasteiger partial charge < -0.3 is 15.1 Å². The summed E-state index contributed by atoms with van der Waals surface area (Å²) in [6, 6.07) is 16.6. The first kappa shape index (κ1) is 23.9. The molecule has 0 unspecified atom stereocenters. The largest absolute Gasteiger partial charge is 0.356 e. The quantitative estimate of drug-likeness (QED) is 0.363. The van der Waals surface area contributed by atoms with Gasteiger partial charge in [-0.15, -0.1) is 24.0 Å². The Bertz CT molecular complexity index is 751. The Hall–Kier alpha value is -2.16. The summed E-state index contributed by atoms with van der Waals surface area (Å²) in [6.45, 7) is 1.34. The van der Waals surface area contributed by atoms with Crippen molar-refractivity contribution in [2.45, 2.75) is 13.0 Å². The van der Waals surface area contributed by atoms with Crippen molar-refractivity contribution in [3.05, 3.63) is 71.5 Å². The number of amides is 1. The van der Waals surface area contributed by atoms with Gasteiger partial charge in [-0.25, -0.2) is 9.38 Å². The third-order valence-electron chi connectivity index (χ3n) is 4.10. The molecule has 0 spiro atoms. The Morgan fingerprint density at radius 1 is 1.00 bits per heavy atom. The number of rotatable bonds is 7. The Kier molecular flexibility index (Phi) is 10.5. The fourth-order valence-electron chi connectivity index (χ4n) is 2.50. The van der Waals surface area contributed by atoms with Gasteiger partial charge in [0.15, 0.2) is 5.96 Å². The maximum atomic E-state index is 13.1. The van der Waals surface area contributed by atoms with Gasteiger partial charge in [0, 0.05) is 34.2 Å². The number of carbonyl (C=O) groups excluding carboxylic acids is 1. The second kappa shape index (κ2) is 12.3. The molecule has 2 aromatic carbocycles. The molecule has 0 saturated heterocycles. The Balaban J connectivity index is 0.00000392. The van der Waals surface area contributed by atoms with Crippen LogP contribution in [0.2, 0.25) is 0 Å². The Morgan fingerprint density at radius 3 is 2.25 bits per heavy atom. The highest BCUT2D eigenvalue weighted by molar-refractivity contribution is 14.0. The van der Waals surface area contributed by atoms with Gasteiger partial charge in [-0.3, -0.25) is 4.79 Å². The zero-order valence-electron chi connectivity index (χ0n) is 16.6. The van der Waals surface area contributed by atoms with Crippen molar-refractivity contribution in [1.29, 1.82) is 0 Å².